The Labute approximate surface area is 83.8 Å². The van der Waals surface area contributed by atoms with Crippen molar-refractivity contribution in [3.8, 4) is 0 Å². The molecule has 0 aliphatic rings. The standard InChI is InChI=1S/C11H15NO2/c1-9(12-11(13)14)7-8-10-5-3-2-4-6-10/h2-6,9,12H,7-8H2,1H3,(H,13,14). The molecule has 14 heavy (non-hydrogen) atoms. The second-order valence-electron chi connectivity index (χ2n) is 3.37. The number of hydrogen-bond acceptors (Lipinski definition) is 1. The number of nitrogens with one attached hydrogen (secondary N) is 1. The first-order valence-electron chi connectivity index (χ1n) is 4.72. The fraction of sp³-hybridized carbons (Fsp3) is 0.364. The third-order valence-electron chi connectivity index (χ3n) is 2.08. The van der Waals surface area contributed by atoms with Gasteiger partial charge in [-0.05, 0) is 25.3 Å². The van der Waals surface area contributed by atoms with Crippen molar-refractivity contribution in [3.05, 3.63) is 35.9 Å². The van der Waals surface area contributed by atoms with Crippen molar-refractivity contribution < 1.29 is 9.90 Å². The monoisotopic (exact) mass is 193 g/mol. The van der Waals surface area contributed by atoms with Crippen molar-refractivity contribution in [2.75, 3.05) is 0 Å². The van der Waals surface area contributed by atoms with Crippen LogP contribution >= 0.6 is 0 Å². The van der Waals surface area contributed by atoms with Gasteiger partial charge in [0.25, 0.3) is 0 Å². The maximum atomic E-state index is 10.3. The molecule has 3 heteroatoms. The Bertz CT molecular complexity index is 285. The summed E-state index contributed by atoms with van der Waals surface area (Å²) in [6, 6.07) is 10.1. The number of rotatable bonds is 4. The van der Waals surface area contributed by atoms with Gasteiger partial charge in [-0.3, -0.25) is 0 Å². The molecule has 0 fully saturated rings. The minimum atomic E-state index is -0.953. The summed E-state index contributed by atoms with van der Waals surface area (Å²) in [4.78, 5) is 10.3. The maximum Gasteiger partial charge on any atom is 0.404 e. The zero-order chi connectivity index (χ0) is 10.4. The minimum Gasteiger partial charge on any atom is -0.465 e. The van der Waals surface area contributed by atoms with Gasteiger partial charge >= 0.3 is 6.09 Å². The van der Waals surface area contributed by atoms with Gasteiger partial charge in [0.15, 0.2) is 0 Å². The zero-order valence-electron chi connectivity index (χ0n) is 8.23. The first-order valence-corrected chi connectivity index (χ1v) is 4.72. The van der Waals surface area contributed by atoms with Crippen LogP contribution in [0.25, 0.3) is 0 Å². The van der Waals surface area contributed by atoms with Crippen LogP contribution in [-0.4, -0.2) is 17.2 Å². The Kier molecular flexibility index (Phi) is 3.98. The van der Waals surface area contributed by atoms with Crippen LogP contribution in [0.15, 0.2) is 30.3 Å². The summed E-state index contributed by atoms with van der Waals surface area (Å²) in [6.07, 6.45) is 0.782. The first kappa shape index (κ1) is 10.6. The van der Waals surface area contributed by atoms with E-state index in [2.05, 4.69) is 5.32 Å². The summed E-state index contributed by atoms with van der Waals surface area (Å²) in [6.45, 7) is 1.87. The van der Waals surface area contributed by atoms with Crippen LogP contribution in [-0.2, 0) is 6.42 Å². The van der Waals surface area contributed by atoms with E-state index in [-0.39, 0.29) is 6.04 Å². The SMILES string of the molecule is CC(CCc1ccccc1)NC(=O)O. The third kappa shape index (κ3) is 3.94. The molecule has 1 aromatic carbocycles. The van der Waals surface area contributed by atoms with Crippen molar-refractivity contribution in [1.29, 1.82) is 0 Å². The van der Waals surface area contributed by atoms with Crippen LogP contribution in [0.4, 0.5) is 4.79 Å². The van der Waals surface area contributed by atoms with Crippen molar-refractivity contribution in [1.82, 2.24) is 5.32 Å². The molecule has 2 N–H and O–H groups in total. The van der Waals surface area contributed by atoms with Crippen molar-refractivity contribution in [2.24, 2.45) is 0 Å². The van der Waals surface area contributed by atoms with Crippen LogP contribution in [0, 0.1) is 0 Å². The molecule has 1 aromatic rings. The minimum absolute atomic E-state index is 0.00714. The lowest BCUT2D eigenvalue weighted by Crippen LogP contribution is -2.31. The van der Waals surface area contributed by atoms with Crippen LogP contribution in [0.1, 0.15) is 18.9 Å². The molecular weight excluding hydrogens is 178 g/mol. The predicted octanol–water partition coefficient (Wildman–Crippen LogP) is 2.28. The summed E-state index contributed by atoms with van der Waals surface area (Å²) in [7, 11) is 0. The topological polar surface area (TPSA) is 49.3 Å². The molecule has 0 aliphatic carbocycles. The zero-order valence-corrected chi connectivity index (χ0v) is 8.23. The van der Waals surface area contributed by atoms with Gasteiger partial charge in [0.2, 0.25) is 0 Å². The predicted molar refractivity (Wildman–Crippen MR) is 55.4 cm³/mol. The first-order chi connectivity index (χ1) is 6.68. The molecule has 0 radical (unpaired) electrons. The quantitative estimate of drug-likeness (QED) is 0.770. The van der Waals surface area contributed by atoms with Gasteiger partial charge in [-0.1, -0.05) is 30.3 Å². The van der Waals surface area contributed by atoms with Gasteiger partial charge in [-0.2, -0.15) is 0 Å². The van der Waals surface area contributed by atoms with Crippen LogP contribution in [0.3, 0.4) is 0 Å². The van der Waals surface area contributed by atoms with Gasteiger partial charge in [0.1, 0.15) is 0 Å². The molecule has 1 amide bonds. The number of carboxylic acid groups (broad SMARTS) is 1. The summed E-state index contributed by atoms with van der Waals surface area (Å²) < 4.78 is 0. The summed E-state index contributed by atoms with van der Waals surface area (Å²) >= 11 is 0. The molecule has 0 spiro atoms. The van der Waals surface area contributed by atoms with Crippen molar-refractivity contribution >= 4 is 6.09 Å². The highest BCUT2D eigenvalue weighted by atomic mass is 16.4. The third-order valence-corrected chi connectivity index (χ3v) is 2.08. The van der Waals surface area contributed by atoms with E-state index in [4.69, 9.17) is 5.11 Å². The molecule has 1 rings (SSSR count). The molecule has 76 valence electrons. The largest absolute Gasteiger partial charge is 0.465 e. The number of benzene rings is 1. The van der Waals surface area contributed by atoms with Crippen LogP contribution < -0.4 is 5.32 Å². The Hall–Kier alpha value is -1.51. The maximum absolute atomic E-state index is 10.3. The van der Waals surface area contributed by atoms with Gasteiger partial charge in [-0.25, -0.2) is 4.79 Å². The molecule has 0 saturated carbocycles. The van der Waals surface area contributed by atoms with Crippen LogP contribution in [0.2, 0.25) is 0 Å². The van der Waals surface area contributed by atoms with E-state index in [1.165, 1.54) is 5.56 Å². The lowest BCUT2D eigenvalue weighted by molar-refractivity contribution is 0.190. The second kappa shape index (κ2) is 5.27. The van der Waals surface area contributed by atoms with E-state index in [1.807, 2.05) is 37.3 Å². The molecule has 1 unspecified atom stereocenters. The van der Waals surface area contributed by atoms with Gasteiger partial charge < -0.3 is 10.4 Å². The van der Waals surface area contributed by atoms with E-state index >= 15 is 0 Å². The number of aryl methyl sites for hydroxylation is 1. The van der Waals surface area contributed by atoms with Crippen molar-refractivity contribution in [2.45, 2.75) is 25.8 Å². The highest BCUT2D eigenvalue weighted by Gasteiger charge is 2.04. The average Bonchev–Trinajstić information content (AvgIpc) is 2.15. The molecule has 0 aromatic heterocycles. The van der Waals surface area contributed by atoms with E-state index in [9.17, 15) is 4.79 Å². The van der Waals surface area contributed by atoms with E-state index in [0.717, 1.165) is 12.8 Å². The highest BCUT2D eigenvalue weighted by Crippen LogP contribution is 2.04. The average molecular weight is 193 g/mol. The molecule has 1 atom stereocenters. The summed E-state index contributed by atoms with van der Waals surface area (Å²) in [5, 5.41) is 10.9. The molecule has 0 saturated heterocycles. The summed E-state index contributed by atoms with van der Waals surface area (Å²) in [5.74, 6) is 0. The number of hydrogen-bond donors (Lipinski definition) is 2. The fourth-order valence-electron chi connectivity index (χ4n) is 1.31. The molecule has 3 nitrogen and oxygen atoms in total. The van der Waals surface area contributed by atoms with E-state index < -0.39 is 6.09 Å². The molecule has 0 heterocycles. The van der Waals surface area contributed by atoms with E-state index in [0.29, 0.717) is 0 Å². The van der Waals surface area contributed by atoms with Gasteiger partial charge in [0.05, 0.1) is 0 Å². The molecule has 0 aliphatic heterocycles. The van der Waals surface area contributed by atoms with Gasteiger partial charge in [0, 0.05) is 6.04 Å². The fourth-order valence-corrected chi connectivity index (χ4v) is 1.31. The highest BCUT2D eigenvalue weighted by molar-refractivity contribution is 5.64. The molecular formula is C11H15NO2. The lowest BCUT2D eigenvalue weighted by Gasteiger charge is -2.10. The second-order valence-corrected chi connectivity index (χ2v) is 3.37. The number of amides is 1. The Morgan fingerprint density at radius 3 is 2.64 bits per heavy atom. The normalized spacial score (nSPS) is 12.1. The van der Waals surface area contributed by atoms with Gasteiger partial charge in [-0.15, -0.1) is 0 Å². The Morgan fingerprint density at radius 1 is 1.43 bits per heavy atom. The molecule has 0 bridgehead atoms. The number of carbonyl (C=O) groups is 1. The van der Waals surface area contributed by atoms with E-state index in [1.54, 1.807) is 0 Å². The van der Waals surface area contributed by atoms with Crippen molar-refractivity contribution in [3.63, 3.8) is 0 Å². The van der Waals surface area contributed by atoms with Crippen LogP contribution in [0.5, 0.6) is 0 Å². The lowest BCUT2D eigenvalue weighted by atomic mass is 10.1. The summed E-state index contributed by atoms with van der Waals surface area (Å²) in [5.41, 5.74) is 1.24. The smallest absolute Gasteiger partial charge is 0.404 e. The Morgan fingerprint density at radius 2 is 2.07 bits per heavy atom. The Balaban J connectivity index is 2.30.